The second kappa shape index (κ2) is 14.1. The van der Waals surface area contributed by atoms with E-state index < -0.39 is 105 Å². The third kappa shape index (κ3) is 9.19. The van der Waals surface area contributed by atoms with Crippen LogP contribution in [0.4, 0.5) is 0 Å². The van der Waals surface area contributed by atoms with Crippen LogP contribution in [0.25, 0.3) is 0 Å². The van der Waals surface area contributed by atoms with E-state index in [0.717, 1.165) is 0 Å². The molecule has 0 aromatic heterocycles. The van der Waals surface area contributed by atoms with E-state index in [1.165, 1.54) is 0 Å². The second-order valence-corrected chi connectivity index (χ2v) is 8.29. The minimum atomic E-state index is -3.05. The molecule has 0 aliphatic carbocycles. The predicted octanol–water partition coefficient (Wildman–Crippen LogP) is -6.35. The molecule has 0 fully saturated rings. The molecule has 195 valence electrons. The van der Waals surface area contributed by atoms with Gasteiger partial charge in [0.2, 0.25) is 0 Å². The summed E-state index contributed by atoms with van der Waals surface area (Å²) in [6.45, 7) is 0. The van der Waals surface area contributed by atoms with Crippen molar-refractivity contribution < 1.29 is 98.9 Å². The SMILES string of the molecule is O=C(O)C(O)C(O)C(=[OH+])O[O][In][O][O+]=C(OP1O[O+]=C(C(O)C(O)C(=O)O)O1)C(O)C(O)C(=O)O. The van der Waals surface area contributed by atoms with Crippen LogP contribution < -0.4 is 0 Å². The van der Waals surface area contributed by atoms with Crippen LogP contribution >= 0.6 is 8.60 Å². The van der Waals surface area contributed by atoms with E-state index in [1.807, 2.05) is 0 Å². The van der Waals surface area contributed by atoms with E-state index in [1.54, 1.807) is 0 Å². The molecular weight excluding hydrogens is 626 g/mol. The fourth-order valence-electron chi connectivity index (χ4n) is 1.50. The Hall–Kier alpha value is -2.56. The number of carbonyl (C=O) groups excluding carboxylic acids is 3. The molecule has 23 heteroatoms. The number of aliphatic carboxylic acids is 3. The van der Waals surface area contributed by atoms with Gasteiger partial charge in [-0.15, -0.1) is 0 Å². The maximum atomic E-state index is 10.9. The summed E-state index contributed by atoms with van der Waals surface area (Å²) in [6, 6.07) is 0. The summed E-state index contributed by atoms with van der Waals surface area (Å²) in [6.07, 6.45) is -14.7. The molecular formula is C12H16InO21P+3. The first-order chi connectivity index (χ1) is 16.3. The first-order valence-corrected chi connectivity index (χ1v) is 12.1. The van der Waals surface area contributed by atoms with E-state index in [4.69, 9.17) is 29.5 Å². The van der Waals surface area contributed by atoms with E-state index in [-0.39, 0.29) is 0 Å². The van der Waals surface area contributed by atoms with Crippen molar-refractivity contribution in [3.63, 3.8) is 0 Å². The molecule has 0 spiro atoms. The number of hydrogen-bond donors (Lipinski definition) is 9. The zero-order valence-electron chi connectivity index (χ0n) is 16.5. The molecule has 1 aliphatic rings. The molecule has 21 nitrogen and oxygen atoms in total. The normalized spacial score (nSPS) is 20.5. The molecule has 0 aromatic rings. The Morgan fingerprint density at radius 3 is 2.00 bits per heavy atom. The third-order valence-electron chi connectivity index (χ3n) is 3.24. The van der Waals surface area contributed by atoms with Crippen LogP contribution in [-0.2, 0) is 48.2 Å². The van der Waals surface area contributed by atoms with Gasteiger partial charge in [-0.25, -0.2) is 0 Å². The summed E-state index contributed by atoms with van der Waals surface area (Å²) in [5, 5.41) is 82.2. The minimum absolute atomic E-state index is 1.01. The van der Waals surface area contributed by atoms with Gasteiger partial charge in [0.25, 0.3) is 0 Å². The van der Waals surface area contributed by atoms with Crippen LogP contribution in [0.3, 0.4) is 0 Å². The average molecular weight is 642 g/mol. The van der Waals surface area contributed by atoms with Gasteiger partial charge in [-0.1, -0.05) is 0 Å². The molecule has 0 saturated carbocycles. The summed E-state index contributed by atoms with van der Waals surface area (Å²) in [5.41, 5.74) is 0. The van der Waals surface area contributed by atoms with Crippen molar-refractivity contribution >= 4 is 68.2 Å². The molecule has 7 atom stereocenters. The first kappa shape index (κ1) is 30.5. The maximum absolute atomic E-state index is 10.9. The van der Waals surface area contributed by atoms with Gasteiger partial charge in [0.05, 0.1) is 0 Å². The van der Waals surface area contributed by atoms with Crippen molar-refractivity contribution in [2.24, 2.45) is 0 Å². The number of carbonyl (C=O) groups is 3. The van der Waals surface area contributed by atoms with Crippen molar-refractivity contribution in [1.82, 2.24) is 0 Å². The van der Waals surface area contributed by atoms with Gasteiger partial charge in [0.1, 0.15) is 0 Å². The van der Waals surface area contributed by atoms with Gasteiger partial charge < -0.3 is 0 Å². The van der Waals surface area contributed by atoms with Crippen molar-refractivity contribution in [3.8, 4) is 0 Å². The summed E-state index contributed by atoms with van der Waals surface area (Å²) in [4.78, 5) is 45.3. The monoisotopic (exact) mass is 642 g/mol. The Balaban J connectivity index is 2.74. The zero-order chi connectivity index (χ0) is 26.9. The van der Waals surface area contributed by atoms with Crippen molar-refractivity contribution in [1.29, 1.82) is 0 Å². The number of aliphatic hydroxyl groups is 6. The van der Waals surface area contributed by atoms with E-state index in [9.17, 15) is 44.7 Å². The van der Waals surface area contributed by atoms with Crippen LogP contribution in [0.15, 0.2) is 0 Å². The van der Waals surface area contributed by atoms with Gasteiger partial charge in [-0.2, -0.15) is 0 Å². The molecule has 1 aliphatic heterocycles. The average Bonchev–Trinajstić information content (AvgIpc) is 3.28. The van der Waals surface area contributed by atoms with Crippen LogP contribution in [0.5, 0.6) is 0 Å². The van der Waals surface area contributed by atoms with Crippen LogP contribution in [0.2, 0.25) is 0 Å². The zero-order valence-corrected chi connectivity index (χ0v) is 20.6. The Kier molecular flexibility index (Phi) is 12.3. The Morgan fingerprint density at radius 2 is 1.46 bits per heavy atom. The van der Waals surface area contributed by atoms with Gasteiger partial charge in [-0.05, 0) is 0 Å². The Morgan fingerprint density at radius 1 is 0.914 bits per heavy atom. The molecule has 7 unspecified atom stereocenters. The molecule has 0 bridgehead atoms. The molecule has 35 heavy (non-hydrogen) atoms. The van der Waals surface area contributed by atoms with Gasteiger partial charge in [-0.3, -0.25) is 0 Å². The molecule has 1 radical (unpaired) electrons. The topological polar surface area (TPSA) is 333 Å². The van der Waals surface area contributed by atoms with E-state index in [2.05, 4.69) is 24.7 Å². The number of rotatable bonds is 14. The fourth-order valence-corrected chi connectivity index (χ4v) is 3.17. The fraction of sp³-hybridized carbons (Fsp3) is 0.500. The number of aliphatic hydroxyl groups excluding tert-OH is 6. The number of carboxylic acids is 3. The van der Waals surface area contributed by atoms with Crippen LogP contribution in [0.1, 0.15) is 0 Å². The first-order valence-electron chi connectivity index (χ1n) is 8.33. The molecule has 1 heterocycles. The molecule has 1 rings (SSSR count). The standard InChI is InChI=1S/C8H9O14P.C4H6O7.In/c9-1(5(13)14)3(11)7(18-17)20-23-21-8(19-22-23)4(12)2(10)6(15)16;5-1(3(7)8)2(6)4(9)11-10;/h1-4,9-12H,(H-,13,14,15,16);1-2,5-6,10H,(H,7,8);/q;;+2/p+1. The van der Waals surface area contributed by atoms with Crippen molar-refractivity contribution in [2.45, 2.75) is 36.6 Å². The quantitative estimate of drug-likeness (QED) is 0.0280. The molecule has 0 saturated heterocycles. The van der Waals surface area contributed by atoms with Crippen LogP contribution in [-0.4, -0.2) is 147 Å². The second-order valence-electron chi connectivity index (χ2n) is 5.68. The Labute approximate surface area is 203 Å². The predicted molar refractivity (Wildman–Crippen MR) is 95.1 cm³/mol. The molecule has 0 amide bonds. The number of carboxylic acid groups (broad SMARTS) is 3. The summed E-state index contributed by atoms with van der Waals surface area (Å²) < 4.78 is 31.4. The van der Waals surface area contributed by atoms with Gasteiger partial charge in [0.15, 0.2) is 0 Å². The summed E-state index contributed by atoms with van der Waals surface area (Å²) >= 11 is -3.05. The number of hydrogen-bond acceptors (Lipinski definition) is 15. The van der Waals surface area contributed by atoms with Gasteiger partial charge in [0, 0.05) is 0 Å². The summed E-state index contributed by atoms with van der Waals surface area (Å²) in [5.74, 6) is -9.53. The van der Waals surface area contributed by atoms with E-state index >= 15 is 0 Å². The summed E-state index contributed by atoms with van der Waals surface area (Å²) in [7, 11) is -2.87. The van der Waals surface area contributed by atoms with E-state index in [0.29, 0.717) is 0 Å². The van der Waals surface area contributed by atoms with Crippen molar-refractivity contribution in [2.75, 3.05) is 0 Å². The molecule has 0 aromatic carbocycles. The van der Waals surface area contributed by atoms with Crippen LogP contribution in [0, 0.1) is 0 Å². The van der Waals surface area contributed by atoms with Gasteiger partial charge >= 0.3 is 204 Å². The van der Waals surface area contributed by atoms with Crippen molar-refractivity contribution in [3.05, 3.63) is 0 Å². The third-order valence-corrected chi connectivity index (χ3v) is 5.10. The Bertz CT molecular complexity index is 844. The molecule has 10 N–H and O–H groups in total.